The molecule has 0 spiro atoms. The summed E-state index contributed by atoms with van der Waals surface area (Å²) in [5.74, 6) is 0.794. The Bertz CT molecular complexity index is 605. The van der Waals surface area contributed by atoms with E-state index in [2.05, 4.69) is 0 Å². The minimum absolute atomic E-state index is 0.0116. The fraction of sp³-hybridized carbons (Fsp3) is 0.316. The zero-order valence-corrected chi connectivity index (χ0v) is 13.3. The van der Waals surface area contributed by atoms with Crippen molar-refractivity contribution in [3.05, 3.63) is 65.7 Å². The van der Waals surface area contributed by atoms with Crippen molar-refractivity contribution >= 4 is 5.78 Å². The van der Waals surface area contributed by atoms with Gasteiger partial charge in [0.1, 0.15) is 11.9 Å². The average Bonchev–Trinajstić information content (AvgIpc) is 2.53. The van der Waals surface area contributed by atoms with Crippen molar-refractivity contribution in [2.75, 3.05) is 7.11 Å². The number of methoxy groups -OCH3 is 1. The maximum Gasteiger partial charge on any atom is 0.191 e. The van der Waals surface area contributed by atoms with E-state index in [1.54, 1.807) is 7.11 Å². The van der Waals surface area contributed by atoms with Crippen LogP contribution in [-0.2, 0) is 11.2 Å². The summed E-state index contributed by atoms with van der Waals surface area (Å²) in [7, 11) is 1.57. The summed E-state index contributed by atoms with van der Waals surface area (Å²) < 4.78 is 11.2. The Balaban J connectivity index is 2.19. The van der Waals surface area contributed by atoms with Gasteiger partial charge in [-0.3, -0.25) is 4.79 Å². The maximum atomic E-state index is 12.5. The first-order chi connectivity index (χ1) is 10.6. The SMILES string of the molecule is CO[C@@H](Cc1ccccc1OC(C)C)C(=O)c1ccccc1. The lowest BCUT2D eigenvalue weighted by Gasteiger charge is -2.18. The Morgan fingerprint density at radius 3 is 2.27 bits per heavy atom. The quantitative estimate of drug-likeness (QED) is 0.727. The van der Waals surface area contributed by atoms with Gasteiger partial charge in [-0.05, 0) is 25.5 Å². The molecular weight excluding hydrogens is 276 g/mol. The van der Waals surface area contributed by atoms with E-state index in [9.17, 15) is 4.79 Å². The fourth-order valence-corrected chi connectivity index (χ4v) is 2.31. The summed E-state index contributed by atoms with van der Waals surface area (Å²) in [6.45, 7) is 3.97. The van der Waals surface area contributed by atoms with E-state index < -0.39 is 6.10 Å². The molecule has 0 N–H and O–H groups in total. The van der Waals surface area contributed by atoms with Crippen LogP contribution in [0.5, 0.6) is 5.75 Å². The maximum absolute atomic E-state index is 12.5. The molecule has 0 saturated carbocycles. The van der Waals surface area contributed by atoms with Crippen molar-refractivity contribution in [2.24, 2.45) is 0 Å². The highest BCUT2D eigenvalue weighted by molar-refractivity contribution is 5.99. The van der Waals surface area contributed by atoms with Gasteiger partial charge in [-0.15, -0.1) is 0 Å². The molecule has 22 heavy (non-hydrogen) atoms. The predicted octanol–water partition coefficient (Wildman–Crippen LogP) is 3.91. The molecule has 0 aliphatic rings. The zero-order valence-electron chi connectivity index (χ0n) is 13.3. The van der Waals surface area contributed by atoms with E-state index in [4.69, 9.17) is 9.47 Å². The van der Waals surface area contributed by atoms with Crippen LogP contribution in [0.4, 0.5) is 0 Å². The topological polar surface area (TPSA) is 35.5 Å². The number of rotatable bonds is 7. The summed E-state index contributed by atoms with van der Waals surface area (Å²) in [5.41, 5.74) is 1.64. The molecule has 1 atom stereocenters. The average molecular weight is 298 g/mol. The van der Waals surface area contributed by atoms with E-state index in [-0.39, 0.29) is 11.9 Å². The molecular formula is C19H22O3. The molecule has 0 bridgehead atoms. The summed E-state index contributed by atoms with van der Waals surface area (Å²) >= 11 is 0. The van der Waals surface area contributed by atoms with Gasteiger partial charge in [0.05, 0.1) is 6.10 Å². The molecule has 0 fully saturated rings. The van der Waals surface area contributed by atoms with Gasteiger partial charge in [0, 0.05) is 19.1 Å². The van der Waals surface area contributed by atoms with Crippen LogP contribution in [0.25, 0.3) is 0 Å². The van der Waals surface area contributed by atoms with Crippen LogP contribution < -0.4 is 4.74 Å². The molecule has 0 unspecified atom stereocenters. The first kappa shape index (κ1) is 16.2. The zero-order chi connectivity index (χ0) is 15.9. The van der Waals surface area contributed by atoms with Crippen LogP contribution in [0, 0.1) is 0 Å². The van der Waals surface area contributed by atoms with Gasteiger partial charge >= 0.3 is 0 Å². The highest BCUT2D eigenvalue weighted by atomic mass is 16.5. The number of carbonyl (C=O) groups is 1. The highest BCUT2D eigenvalue weighted by Crippen LogP contribution is 2.22. The number of benzene rings is 2. The smallest absolute Gasteiger partial charge is 0.191 e. The number of Topliss-reactive ketones (excluding diaryl/α,β-unsaturated/α-hetero) is 1. The van der Waals surface area contributed by atoms with Crippen molar-refractivity contribution in [1.29, 1.82) is 0 Å². The number of ether oxygens (including phenoxy) is 2. The van der Waals surface area contributed by atoms with Gasteiger partial charge in [0.15, 0.2) is 5.78 Å². The third kappa shape index (κ3) is 4.18. The molecule has 3 nitrogen and oxygen atoms in total. The number of hydrogen-bond acceptors (Lipinski definition) is 3. The van der Waals surface area contributed by atoms with Crippen LogP contribution >= 0.6 is 0 Å². The fourth-order valence-electron chi connectivity index (χ4n) is 2.31. The number of carbonyl (C=O) groups excluding carboxylic acids is 1. The lowest BCUT2D eigenvalue weighted by molar-refractivity contribution is 0.0604. The highest BCUT2D eigenvalue weighted by Gasteiger charge is 2.21. The molecule has 2 rings (SSSR count). The number of ketones is 1. The molecule has 0 radical (unpaired) electrons. The minimum Gasteiger partial charge on any atom is -0.491 e. The summed E-state index contributed by atoms with van der Waals surface area (Å²) in [6.07, 6.45) is 0.0684. The molecule has 0 aliphatic heterocycles. The normalized spacial score (nSPS) is 12.2. The molecule has 0 aliphatic carbocycles. The second-order valence-electron chi connectivity index (χ2n) is 5.43. The van der Waals surface area contributed by atoms with Crippen LogP contribution in [0.3, 0.4) is 0 Å². The molecule has 0 heterocycles. The van der Waals surface area contributed by atoms with Gasteiger partial charge in [0.25, 0.3) is 0 Å². The summed E-state index contributed by atoms with van der Waals surface area (Å²) in [6, 6.07) is 17.0. The van der Waals surface area contributed by atoms with Gasteiger partial charge in [0.2, 0.25) is 0 Å². The molecule has 2 aromatic rings. The van der Waals surface area contributed by atoms with Crippen molar-refractivity contribution in [3.63, 3.8) is 0 Å². The largest absolute Gasteiger partial charge is 0.491 e. The van der Waals surface area contributed by atoms with E-state index in [1.807, 2.05) is 68.4 Å². The first-order valence-corrected chi connectivity index (χ1v) is 7.48. The molecule has 0 aromatic heterocycles. The summed E-state index contributed by atoms with van der Waals surface area (Å²) in [4.78, 5) is 12.5. The second-order valence-corrected chi connectivity index (χ2v) is 5.43. The van der Waals surface area contributed by atoms with Crippen molar-refractivity contribution in [1.82, 2.24) is 0 Å². The molecule has 2 aromatic carbocycles. The summed E-state index contributed by atoms with van der Waals surface area (Å²) in [5, 5.41) is 0. The predicted molar refractivity (Wildman–Crippen MR) is 87.5 cm³/mol. The number of hydrogen-bond donors (Lipinski definition) is 0. The molecule has 116 valence electrons. The van der Waals surface area contributed by atoms with Gasteiger partial charge in [-0.2, -0.15) is 0 Å². The van der Waals surface area contributed by atoms with Crippen LogP contribution in [0.1, 0.15) is 29.8 Å². The molecule has 0 amide bonds. The van der Waals surface area contributed by atoms with E-state index in [0.717, 1.165) is 11.3 Å². The Labute approximate surface area is 131 Å². The van der Waals surface area contributed by atoms with Gasteiger partial charge < -0.3 is 9.47 Å². The Morgan fingerprint density at radius 2 is 1.64 bits per heavy atom. The van der Waals surface area contributed by atoms with Gasteiger partial charge in [-0.1, -0.05) is 48.5 Å². The third-order valence-corrected chi connectivity index (χ3v) is 3.38. The minimum atomic E-state index is -0.515. The molecule has 0 saturated heterocycles. The van der Waals surface area contributed by atoms with E-state index >= 15 is 0 Å². The standard InChI is InChI=1S/C19H22O3/c1-14(2)22-17-12-8-7-11-16(17)13-18(21-3)19(20)15-9-5-4-6-10-15/h4-12,14,18H,13H2,1-3H3/t18-/m0/s1. The molecule has 3 heteroatoms. The Hall–Kier alpha value is -2.13. The number of para-hydroxylation sites is 1. The lowest BCUT2D eigenvalue weighted by atomic mass is 9.99. The second kappa shape index (κ2) is 7.76. The van der Waals surface area contributed by atoms with Crippen LogP contribution in [0.15, 0.2) is 54.6 Å². The van der Waals surface area contributed by atoms with Crippen LogP contribution in [-0.4, -0.2) is 25.1 Å². The van der Waals surface area contributed by atoms with E-state index in [0.29, 0.717) is 12.0 Å². The van der Waals surface area contributed by atoms with Crippen molar-refractivity contribution in [3.8, 4) is 5.75 Å². The van der Waals surface area contributed by atoms with Crippen LogP contribution in [0.2, 0.25) is 0 Å². The van der Waals surface area contributed by atoms with Crippen molar-refractivity contribution in [2.45, 2.75) is 32.5 Å². The first-order valence-electron chi connectivity index (χ1n) is 7.48. The van der Waals surface area contributed by atoms with E-state index in [1.165, 1.54) is 0 Å². The lowest BCUT2D eigenvalue weighted by Crippen LogP contribution is -2.26. The monoisotopic (exact) mass is 298 g/mol. The van der Waals surface area contributed by atoms with Gasteiger partial charge in [-0.25, -0.2) is 0 Å². The third-order valence-electron chi connectivity index (χ3n) is 3.38. The Morgan fingerprint density at radius 1 is 1.00 bits per heavy atom. The van der Waals surface area contributed by atoms with Crippen molar-refractivity contribution < 1.29 is 14.3 Å². The Kier molecular flexibility index (Phi) is 5.73.